The van der Waals surface area contributed by atoms with E-state index in [4.69, 9.17) is 9.47 Å². The van der Waals surface area contributed by atoms with Crippen molar-refractivity contribution in [3.63, 3.8) is 0 Å². The van der Waals surface area contributed by atoms with Crippen LogP contribution in [0.4, 0.5) is 0 Å². The van der Waals surface area contributed by atoms with E-state index in [1.54, 1.807) is 0 Å². The molecule has 0 radical (unpaired) electrons. The first-order valence-corrected chi connectivity index (χ1v) is 10.8. The summed E-state index contributed by atoms with van der Waals surface area (Å²) < 4.78 is 16.9. The molecule has 1 atom stereocenters. The summed E-state index contributed by atoms with van der Waals surface area (Å²) in [5.41, 5.74) is 0.755. The number of H-pyrrole nitrogens is 1. The minimum atomic E-state index is -0.483. The third kappa shape index (κ3) is 4.59. The lowest BCUT2D eigenvalue weighted by Crippen LogP contribution is -2.57. The molecule has 10 nitrogen and oxygen atoms in total. The molecule has 0 spiro atoms. The van der Waals surface area contributed by atoms with Gasteiger partial charge in [0.05, 0.1) is 0 Å². The lowest BCUT2D eigenvalue weighted by Gasteiger charge is -2.43. The monoisotopic (exact) mass is 430 g/mol. The van der Waals surface area contributed by atoms with Gasteiger partial charge in [-0.05, 0) is 35.8 Å². The van der Waals surface area contributed by atoms with E-state index in [2.05, 4.69) is 31.7 Å². The largest absolute Gasteiger partial charge is 0.454 e. The van der Waals surface area contributed by atoms with Gasteiger partial charge in [0.1, 0.15) is 0 Å². The summed E-state index contributed by atoms with van der Waals surface area (Å²) in [6.45, 7) is 6.82. The van der Waals surface area contributed by atoms with Crippen molar-refractivity contribution in [2.75, 3.05) is 46.1 Å². The maximum Gasteiger partial charge on any atom is 0.426 e. The molecule has 10 heteroatoms. The number of benzene rings is 1. The van der Waals surface area contributed by atoms with Crippen LogP contribution in [0.1, 0.15) is 18.4 Å². The van der Waals surface area contributed by atoms with Crippen molar-refractivity contribution < 1.29 is 23.5 Å². The second-order valence-electron chi connectivity index (χ2n) is 8.40. The van der Waals surface area contributed by atoms with Crippen LogP contribution in [0.2, 0.25) is 0 Å². The number of ether oxygens (including phenoxy) is 2. The van der Waals surface area contributed by atoms with Crippen LogP contribution in [0.25, 0.3) is 0 Å². The lowest BCUT2D eigenvalue weighted by molar-refractivity contribution is -0.751. The van der Waals surface area contributed by atoms with E-state index in [0.717, 1.165) is 70.2 Å². The first-order valence-electron chi connectivity index (χ1n) is 10.8. The zero-order chi connectivity index (χ0) is 21.2. The molecule has 1 aromatic carbocycles. The summed E-state index contributed by atoms with van der Waals surface area (Å²) >= 11 is 0. The minimum absolute atomic E-state index is 0.00759. The Kier molecular flexibility index (Phi) is 5.65. The minimum Gasteiger partial charge on any atom is -0.454 e. The molecule has 4 heterocycles. The van der Waals surface area contributed by atoms with Crippen LogP contribution in [-0.4, -0.2) is 78.0 Å². The molecule has 1 aromatic heterocycles. The summed E-state index contributed by atoms with van der Waals surface area (Å²) in [6, 6.07) is 6.55. The fourth-order valence-corrected chi connectivity index (χ4v) is 4.67. The topological polar surface area (TPSA) is 95.1 Å². The zero-order valence-electron chi connectivity index (χ0n) is 17.5. The van der Waals surface area contributed by atoms with Crippen molar-refractivity contribution in [2.24, 2.45) is 0 Å². The van der Waals surface area contributed by atoms with Gasteiger partial charge < -0.3 is 14.4 Å². The van der Waals surface area contributed by atoms with E-state index >= 15 is 0 Å². The van der Waals surface area contributed by atoms with Gasteiger partial charge in [-0.15, -0.1) is 0 Å². The number of hydrogen-bond donors (Lipinski definition) is 1. The number of nitrogens with one attached hydrogen (secondary N) is 1. The number of rotatable bonds is 5. The first kappa shape index (κ1) is 20.1. The third-order valence-electron chi connectivity index (χ3n) is 6.35. The van der Waals surface area contributed by atoms with Gasteiger partial charge >= 0.3 is 5.63 Å². The van der Waals surface area contributed by atoms with Crippen molar-refractivity contribution in [1.29, 1.82) is 0 Å². The molecular formula is C21H28N5O5+. The molecule has 1 N–H and O–H groups in total. The number of nitrogens with zero attached hydrogens (tertiary/aromatic N) is 4. The standard InChI is InChI=1S/C21H27N5O5/c27-20(13-26-14-21(28)31-22-26)25-5-1-2-17(12-25)24-8-6-23(7-9-24)11-16-3-4-18-19(10-16)30-15-29-18/h3-4,10,14,17H,1-2,5-9,11-13,15H2/p+1. The Bertz CT molecular complexity index is 981. The number of carbonyl (C=O) groups excluding carboxylic acids is 1. The van der Waals surface area contributed by atoms with E-state index in [-0.39, 0.29) is 12.5 Å². The van der Waals surface area contributed by atoms with Crippen LogP contribution in [0.5, 0.6) is 11.5 Å². The molecule has 1 unspecified atom stereocenters. The Balaban J connectivity index is 1.11. The van der Waals surface area contributed by atoms with Gasteiger partial charge in [0.25, 0.3) is 18.6 Å². The summed E-state index contributed by atoms with van der Waals surface area (Å²) in [5.74, 6) is 1.66. The second kappa shape index (κ2) is 8.72. The van der Waals surface area contributed by atoms with Gasteiger partial charge in [-0.2, -0.15) is 0 Å². The van der Waals surface area contributed by atoms with E-state index < -0.39 is 5.63 Å². The number of fused-ring (bicyclic) bond motifs is 1. The Hall–Kier alpha value is -2.85. The Labute approximate surface area is 179 Å². The molecule has 0 aliphatic carbocycles. The van der Waals surface area contributed by atoms with Crippen LogP contribution in [-0.2, 0) is 17.9 Å². The molecule has 1 amide bonds. The highest BCUT2D eigenvalue weighted by atomic mass is 16.7. The lowest BCUT2D eigenvalue weighted by atomic mass is 10.0. The predicted molar refractivity (Wildman–Crippen MR) is 109 cm³/mol. The van der Waals surface area contributed by atoms with Crippen molar-refractivity contribution in [1.82, 2.24) is 20.0 Å². The molecule has 0 saturated carbocycles. The average Bonchev–Trinajstić information content (AvgIpc) is 3.42. The van der Waals surface area contributed by atoms with E-state index in [1.165, 1.54) is 16.4 Å². The number of carbonyl (C=O) groups is 1. The summed E-state index contributed by atoms with van der Waals surface area (Å²) in [6.07, 6.45) is 3.38. The normalized spacial score (nSPS) is 22.1. The highest BCUT2D eigenvalue weighted by Crippen LogP contribution is 2.33. The van der Waals surface area contributed by atoms with Crippen molar-refractivity contribution in [3.8, 4) is 11.5 Å². The van der Waals surface area contributed by atoms with Crippen LogP contribution in [0.3, 0.4) is 0 Å². The molecule has 5 rings (SSSR count). The van der Waals surface area contributed by atoms with Gasteiger partial charge in [-0.1, -0.05) is 10.7 Å². The van der Waals surface area contributed by atoms with Crippen LogP contribution in [0, 0.1) is 0 Å². The van der Waals surface area contributed by atoms with Crippen molar-refractivity contribution >= 4 is 5.91 Å². The number of hydrogen-bond acceptors (Lipinski definition) is 7. The third-order valence-corrected chi connectivity index (χ3v) is 6.35. The van der Waals surface area contributed by atoms with E-state index in [1.807, 2.05) is 11.0 Å². The van der Waals surface area contributed by atoms with Crippen molar-refractivity contribution in [3.05, 3.63) is 40.4 Å². The van der Waals surface area contributed by atoms with E-state index in [0.29, 0.717) is 12.8 Å². The Morgan fingerprint density at radius 1 is 1.13 bits per heavy atom. The smallest absolute Gasteiger partial charge is 0.426 e. The zero-order valence-corrected chi connectivity index (χ0v) is 17.5. The number of piperidine rings is 1. The predicted octanol–water partition coefficient (Wildman–Crippen LogP) is -0.207. The van der Waals surface area contributed by atoms with Crippen molar-refractivity contribution in [2.45, 2.75) is 32.0 Å². The first-order chi connectivity index (χ1) is 15.1. The average molecular weight is 430 g/mol. The molecule has 2 fully saturated rings. The highest BCUT2D eigenvalue weighted by molar-refractivity contribution is 5.74. The molecular weight excluding hydrogens is 402 g/mol. The van der Waals surface area contributed by atoms with E-state index in [9.17, 15) is 9.59 Å². The van der Waals surface area contributed by atoms with Gasteiger partial charge in [-0.3, -0.25) is 19.1 Å². The fourth-order valence-electron chi connectivity index (χ4n) is 4.67. The second-order valence-corrected chi connectivity index (χ2v) is 8.40. The molecule has 0 bridgehead atoms. The fraction of sp³-hybridized carbons (Fsp3) is 0.571. The number of amides is 1. The van der Waals surface area contributed by atoms with Gasteiger partial charge in [0.15, 0.2) is 11.5 Å². The van der Waals surface area contributed by atoms with Gasteiger partial charge in [0.2, 0.25) is 6.79 Å². The Morgan fingerprint density at radius 2 is 1.97 bits per heavy atom. The SMILES string of the molecule is O=C(C[n+]1cc(=O)o[nH]1)N1CCCC(N2CCN(Cc3ccc4c(c3)OCO4)CC2)C1. The van der Waals surface area contributed by atoms with Crippen LogP contribution in [0.15, 0.2) is 33.7 Å². The molecule has 166 valence electrons. The van der Waals surface area contributed by atoms with Gasteiger partial charge in [0, 0.05) is 51.9 Å². The van der Waals surface area contributed by atoms with Crippen LogP contribution < -0.4 is 19.8 Å². The number of likely N-dealkylation sites (tertiary alicyclic amines) is 1. The maximum atomic E-state index is 12.6. The summed E-state index contributed by atoms with van der Waals surface area (Å²) in [5, 5.41) is 2.44. The quantitative estimate of drug-likeness (QED) is 0.656. The molecule has 31 heavy (non-hydrogen) atoms. The highest BCUT2D eigenvalue weighted by Gasteiger charge is 2.31. The molecule has 2 aromatic rings. The van der Waals surface area contributed by atoms with Crippen LogP contribution >= 0.6 is 0 Å². The summed E-state index contributed by atoms with van der Waals surface area (Å²) in [7, 11) is 0. The molecule has 3 aliphatic heterocycles. The Morgan fingerprint density at radius 3 is 2.77 bits per heavy atom. The number of piperazine rings is 1. The van der Waals surface area contributed by atoms with Gasteiger partial charge in [-0.25, -0.2) is 4.79 Å². The maximum absolute atomic E-state index is 12.6. The number of aromatic amines is 1. The summed E-state index contributed by atoms with van der Waals surface area (Å²) in [4.78, 5) is 30.7. The number of aromatic nitrogens is 2. The molecule has 3 aliphatic rings. The molecule has 2 saturated heterocycles.